The number of nitrogens with two attached hydrogens (primary N) is 2. The van der Waals surface area contributed by atoms with Crippen LogP contribution in [-0.4, -0.2) is 33.4 Å². The Balaban J connectivity index is 1.95. The van der Waals surface area contributed by atoms with Crippen LogP contribution in [0.15, 0.2) is 77.6 Å². The molecule has 214 valence electrons. The molecule has 1 aromatic heterocycles. The standard InChI is InChI=1S/C34H41N5O2/c1-22(2)31(38(19-9-18-35)33(40)27-15-12-23(3)13-16-27)32-37-25(5)30(28-17-14-24(4)29(36)20-28)34(41)39(32)21-26-10-7-6-8-11-26/h6-8,10-17,20,22,31H,9,18-19,21,35-36H2,1-5H3. The first-order chi connectivity index (χ1) is 19.6. The molecule has 0 bridgehead atoms. The first kappa shape index (κ1) is 29.7. The summed E-state index contributed by atoms with van der Waals surface area (Å²) in [7, 11) is 0. The number of hydrogen-bond acceptors (Lipinski definition) is 5. The molecule has 4 rings (SSSR count). The zero-order valence-electron chi connectivity index (χ0n) is 24.7. The van der Waals surface area contributed by atoms with Crippen LogP contribution in [0, 0.1) is 26.7 Å². The zero-order chi connectivity index (χ0) is 29.7. The normalized spacial score (nSPS) is 12.0. The second-order valence-electron chi connectivity index (χ2n) is 11.1. The van der Waals surface area contributed by atoms with E-state index in [1.54, 1.807) is 4.57 Å². The smallest absolute Gasteiger partial charge is 0.262 e. The van der Waals surface area contributed by atoms with E-state index in [4.69, 9.17) is 16.5 Å². The van der Waals surface area contributed by atoms with E-state index >= 15 is 0 Å². The first-order valence-corrected chi connectivity index (χ1v) is 14.2. The lowest BCUT2D eigenvalue weighted by Crippen LogP contribution is -2.42. The van der Waals surface area contributed by atoms with E-state index in [0.717, 1.165) is 22.3 Å². The van der Waals surface area contributed by atoms with Gasteiger partial charge in [-0.05, 0) is 74.5 Å². The van der Waals surface area contributed by atoms with E-state index in [9.17, 15) is 9.59 Å². The third kappa shape index (κ3) is 6.57. The Kier molecular flexibility index (Phi) is 9.40. The Labute approximate surface area is 242 Å². The van der Waals surface area contributed by atoms with Gasteiger partial charge in [-0.15, -0.1) is 0 Å². The molecule has 0 aliphatic carbocycles. The highest BCUT2D eigenvalue weighted by Crippen LogP contribution is 2.31. The molecule has 0 aliphatic rings. The van der Waals surface area contributed by atoms with Gasteiger partial charge in [0.2, 0.25) is 0 Å². The Bertz CT molecular complexity index is 1560. The fraction of sp³-hybridized carbons (Fsp3) is 0.324. The second kappa shape index (κ2) is 13.0. The first-order valence-electron chi connectivity index (χ1n) is 14.2. The van der Waals surface area contributed by atoms with Crippen molar-refractivity contribution in [2.45, 2.75) is 53.6 Å². The Morgan fingerprint density at radius 3 is 2.27 bits per heavy atom. The van der Waals surface area contributed by atoms with Crippen molar-refractivity contribution in [2.75, 3.05) is 18.8 Å². The SMILES string of the molecule is Cc1ccc(C(=O)N(CCCN)C(c2nc(C)c(-c3ccc(C)c(N)c3)c(=O)n2Cc2ccccc2)C(C)C)cc1. The van der Waals surface area contributed by atoms with Crippen LogP contribution in [0.2, 0.25) is 0 Å². The van der Waals surface area contributed by atoms with Gasteiger partial charge in [0.15, 0.2) is 0 Å². The quantitative estimate of drug-likeness (QED) is 0.248. The van der Waals surface area contributed by atoms with Crippen molar-refractivity contribution in [3.8, 4) is 11.1 Å². The van der Waals surface area contributed by atoms with Gasteiger partial charge in [0, 0.05) is 17.8 Å². The van der Waals surface area contributed by atoms with Crippen LogP contribution in [0.5, 0.6) is 0 Å². The summed E-state index contributed by atoms with van der Waals surface area (Å²) in [6, 6.07) is 22.6. The van der Waals surface area contributed by atoms with Crippen molar-refractivity contribution < 1.29 is 4.79 Å². The van der Waals surface area contributed by atoms with Crippen molar-refractivity contribution in [1.82, 2.24) is 14.5 Å². The molecule has 7 heteroatoms. The maximum absolute atomic E-state index is 14.4. The van der Waals surface area contributed by atoms with E-state index in [-0.39, 0.29) is 17.4 Å². The molecule has 0 radical (unpaired) electrons. The number of carbonyl (C=O) groups is 1. The van der Waals surface area contributed by atoms with E-state index in [1.165, 1.54) is 0 Å². The van der Waals surface area contributed by atoms with Gasteiger partial charge in [0.05, 0.1) is 23.8 Å². The lowest BCUT2D eigenvalue weighted by Gasteiger charge is -2.36. The molecule has 0 spiro atoms. The monoisotopic (exact) mass is 551 g/mol. The highest BCUT2D eigenvalue weighted by atomic mass is 16.2. The lowest BCUT2D eigenvalue weighted by atomic mass is 9.97. The summed E-state index contributed by atoms with van der Waals surface area (Å²) in [6.07, 6.45) is 0.628. The Hall–Kier alpha value is -4.23. The number of nitrogen functional groups attached to an aromatic ring is 1. The van der Waals surface area contributed by atoms with Crippen LogP contribution in [0.1, 0.15) is 64.9 Å². The molecule has 0 saturated carbocycles. The minimum Gasteiger partial charge on any atom is -0.398 e. The zero-order valence-corrected chi connectivity index (χ0v) is 24.7. The predicted molar refractivity (Wildman–Crippen MR) is 167 cm³/mol. The number of benzene rings is 3. The maximum Gasteiger partial charge on any atom is 0.262 e. The molecule has 41 heavy (non-hydrogen) atoms. The largest absolute Gasteiger partial charge is 0.398 e. The molecule has 1 heterocycles. The molecular formula is C34H41N5O2. The molecule has 3 aromatic carbocycles. The van der Waals surface area contributed by atoms with Crippen LogP contribution in [0.3, 0.4) is 0 Å². The summed E-state index contributed by atoms with van der Waals surface area (Å²) in [5, 5.41) is 0. The molecule has 4 aromatic rings. The number of nitrogens with zero attached hydrogens (tertiary/aromatic N) is 3. The van der Waals surface area contributed by atoms with Crippen LogP contribution in [-0.2, 0) is 6.54 Å². The minimum atomic E-state index is -0.456. The molecule has 1 amide bonds. The highest BCUT2D eigenvalue weighted by Gasteiger charge is 2.33. The van der Waals surface area contributed by atoms with Crippen LogP contribution >= 0.6 is 0 Å². The highest BCUT2D eigenvalue weighted by molar-refractivity contribution is 5.94. The third-order valence-corrected chi connectivity index (χ3v) is 7.53. The van der Waals surface area contributed by atoms with Gasteiger partial charge < -0.3 is 16.4 Å². The number of anilines is 1. The van der Waals surface area contributed by atoms with E-state index in [0.29, 0.717) is 54.4 Å². The average molecular weight is 552 g/mol. The molecule has 7 nitrogen and oxygen atoms in total. The van der Waals surface area contributed by atoms with Gasteiger partial charge in [-0.1, -0.05) is 74.0 Å². The lowest BCUT2D eigenvalue weighted by molar-refractivity contribution is 0.0602. The van der Waals surface area contributed by atoms with Gasteiger partial charge in [-0.25, -0.2) is 4.98 Å². The minimum absolute atomic E-state index is 0.0311. The van der Waals surface area contributed by atoms with Gasteiger partial charge in [0.25, 0.3) is 11.5 Å². The van der Waals surface area contributed by atoms with Crippen molar-refractivity contribution in [2.24, 2.45) is 11.7 Å². The molecule has 0 fully saturated rings. The number of carbonyl (C=O) groups excluding carboxylic acids is 1. The average Bonchev–Trinajstić information content (AvgIpc) is 2.95. The topological polar surface area (TPSA) is 107 Å². The summed E-state index contributed by atoms with van der Waals surface area (Å²) in [6.45, 7) is 11.1. The van der Waals surface area contributed by atoms with Crippen LogP contribution in [0.25, 0.3) is 11.1 Å². The van der Waals surface area contributed by atoms with Crippen LogP contribution in [0.4, 0.5) is 5.69 Å². The van der Waals surface area contributed by atoms with Crippen molar-refractivity contribution >= 4 is 11.6 Å². The summed E-state index contributed by atoms with van der Waals surface area (Å²) in [5.41, 5.74) is 18.1. The summed E-state index contributed by atoms with van der Waals surface area (Å²) < 4.78 is 1.73. The van der Waals surface area contributed by atoms with Crippen molar-refractivity contribution in [3.63, 3.8) is 0 Å². The van der Waals surface area contributed by atoms with Gasteiger partial charge in [0.1, 0.15) is 5.82 Å². The van der Waals surface area contributed by atoms with Gasteiger partial charge in [-0.2, -0.15) is 0 Å². The van der Waals surface area contributed by atoms with E-state index in [2.05, 4.69) is 13.8 Å². The molecule has 1 atom stereocenters. The number of rotatable bonds is 10. The van der Waals surface area contributed by atoms with Gasteiger partial charge >= 0.3 is 0 Å². The van der Waals surface area contributed by atoms with Crippen molar-refractivity contribution in [1.29, 1.82) is 0 Å². The van der Waals surface area contributed by atoms with Crippen LogP contribution < -0.4 is 17.0 Å². The predicted octanol–water partition coefficient (Wildman–Crippen LogP) is 5.65. The fourth-order valence-electron chi connectivity index (χ4n) is 5.24. The maximum atomic E-state index is 14.4. The second-order valence-corrected chi connectivity index (χ2v) is 11.1. The van der Waals surface area contributed by atoms with E-state index < -0.39 is 6.04 Å². The Morgan fingerprint density at radius 2 is 1.66 bits per heavy atom. The van der Waals surface area contributed by atoms with Crippen molar-refractivity contribution in [3.05, 3.63) is 117 Å². The molecule has 4 N–H and O–H groups in total. The third-order valence-electron chi connectivity index (χ3n) is 7.53. The molecule has 0 saturated heterocycles. The summed E-state index contributed by atoms with van der Waals surface area (Å²) in [4.78, 5) is 35.4. The molecule has 1 unspecified atom stereocenters. The number of amides is 1. The Morgan fingerprint density at radius 1 is 0.976 bits per heavy atom. The number of aromatic nitrogens is 2. The summed E-state index contributed by atoms with van der Waals surface area (Å²) in [5.74, 6) is 0.426. The molecular weight excluding hydrogens is 510 g/mol. The summed E-state index contributed by atoms with van der Waals surface area (Å²) >= 11 is 0. The van der Waals surface area contributed by atoms with Gasteiger partial charge in [-0.3, -0.25) is 14.2 Å². The number of hydrogen-bond donors (Lipinski definition) is 2. The molecule has 0 aliphatic heterocycles. The van der Waals surface area contributed by atoms with E-state index in [1.807, 2.05) is 98.5 Å². The number of aryl methyl sites for hydroxylation is 3. The fourth-order valence-corrected chi connectivity index (χ4v) is 5.24.